The first-order valence-corrected chi connectivity index (χ1v) is 8.23. The molecular weight excluding hydrogens is 288 g/mol. The molecule has 0 radical (unpaired) electrons. The van der Waals surface area contributed by atoms with E-state index in [1.54, 1.807) is 6.20 Å². The maximum absolute atomic E-state index is 12.8. The standard InChI is InChI=1S/C18H20N4O/c1-2-12-13-7-3-4-8-14(13)20-17(12)18(23)21-16-11-19-15-9-5-6-10-22(15)16/h3-4,7-8,11,20H,2,5-6,9-10H2,1H3,(H,21,23). The van der Waals surface area contributed by atoms with Crippen LogP contribution >= 0.6 is 0 Å². The molecule has 2 N–H and O–H groups in total. The topological polar surface area (TPSA) is 62.7 Å². The van der Waals surface area contributed by atoms with Crippen LogP contribution < -0.4 is 5.32 Å². The van der Waals surface area contributed by atoms with Crippen molar-refractivity contribution < 1.29 is 4.79 Å². The van der Waals surface area contributed by atoms with E-state index in [0.717, 1.165) is 53.9 Å². The van der Waals surface area contributed by atoms with Gasteiger partial charge in [0.25, 0.3) is 5.91 Å². The number of H-pyrrole nitrogens is 1. The smallest absolute Gasteiger partial charge is 0.273 e. The monoisotopic (exact) mass is 308 g/mol. The van der Waals surface area contributed by atoms with Crippen LogP contribution in [0.1, 0.15) is 41.6 Å². The summed E-state index contributed by atoms with van der Waals surface area (Å²) in [5, 5.41) is 4.15. The lowest BCUT2D eigenvalue weighted by Gasteiger charge is -2.16. The predicted molar refractivity (Wildman–Crippen MR) is 90.8 cm³/mol. The fourth-order valence-corrected chi connectivity index (χ4v) is 3.46. The van der Waals surface area contributed by atoms with E-state index in [1.807, 2.05) is 18.2 Å². The largest absolute Gasteiger partial charge is 0.350 e. The molecule has 1 aliphatic rings. The zero-order valence-electron chi connectivity index (χ0n) is 13.2. The maximum atomic E-state index is 12.8. The average Bonchev–Trinajstić information content (AvgIpc) is 3.16. The lowest BCUT2D eigenvalue weighted by molar-refractivity contribution is 0.102. The maximum Gasteiger partial charge on any atom is 0.273 e. The van der Waals surface area contributed by atoms with Gasteiger partial charge in [0.2, 0.25) is 0 Å². The molecule has 0 unspecified atom stereocenters. The quantitative estimate of drug-likeness (QED) is 0.777. The van der Waals surface area contributed by atoms with Crippen molar-refractivity contribution in [1.29, 1.82) is 0 Å². The number of aromatic nitrogens is 3. The van der Waals surface area contributed by atoms with Crippen molar-refractivity contribution in [1.82, 2.24) is 14.5 Å². The summed E-state index contributed by atoms with van der Waals surface area (Å²) in [6.45, 7) is 3.01. The Kier molecular flexibility index (Phi) is 3.41. The van der Waals surface area contributed by atoms with Gasteiger partial charge >= 0.3 is 0 Å². The van der Waals surface area contributed by atoms with Crippen molar-refractivity contribution in [3.63, 3.8) is 0 Å². The highest BCUT2D eigenvalue weighted by Crippen LogP contribution is 2.25. The highest BCUT2D eigenvalue weighted by molar-refractivity contribution is 6.07. The van der Waals surface area contributed by atoms with Crippen LogP contribution in [0.2, 0.25) is 0 Å². The summed E-state index contributed by atoms with van der Waals surface area (Å²) in [6, 6.07) is 8.05. The molecule has 0 aliphatic carbocycles. The predicted octanol–water partition coefficient (Wildman–Crippen LogP) is 3.52. The van der Waals surface area contributed by atoms with E-state index in [4.69, 9.17) is 0 Å². The Balaban J connectivity index is 1.68. The zero-order valence-corrected chi connectivity index (χ0v) is 13.2. The number of carbonyl (C=O) groups excluding carboxylic acids is 1. The Morgan fingerprint density at radius 2 is 2.22 bits per heavy atom. The van der Waals surface area contributed by atoms with Crippen LogP contribution in [-0.4, -0.2) is 20.4 Å². The molecule has 3 heterocycles. The third-order valence-electron chi connectivity index (χ3n) is 4.61. The van der Waals surface area contributed by atoms with Crippen molar-refractivity contribution in [3.05, 3.63) is 47.5 Å². The molecule has 0 bridgehead atoms. The second kappa shape index (κ2) is 5.57. The van der Waals surface area contributed by atoms with Crippen LogP contribution in [0.4, 0.5) is 5.82 Å². The first kappa shape index (κ1) is 14.1. The van der Waals surface area contributed by atoms with Gasteiger partial charge in [-0.15, -0.1) is 0 Å². The van der Waals surface area contributed by atoms with Crippen molar-refractivity contribution in [2.45, 2.75) is 39.2 Å². The van der Waals surface area contributed by atoms with Crippen LogP contribution in [0.5, 0.6) is 0 Å². The molecule has 0 saturated heterocycles. The minimum atomic E-state index is -0.0914. The number of carbonyl (C=O) groups is 1. The van der Waals surface area contributed by atoms with Gasteiger partial charge in [0, 0.05) is 23.9 Å². The van der Waals surface area contributed by atoms with E-state index in [0.29, 0.717) is 5.69 Å². The zero-order chi connectivity index (χ0) is 15.8. The van der Waals surface area contributed by atoms with Crippen molar-refractivity contribution >= 4 is 22.6 Å². The molecule has 3 aromatic rings. The van der Waals surface area contributed by atoms with E-state index < -0.39 is 0 Å². The Labute approximate surface area is 134 Å². The Morgan fingerprint density at radius 1 is 1.35 bits per heavy atom. The van der Waals surface area contributed by atoms with Gasteiger partial charge in [0.05, 0.1) is 6.20 Å². The minimum absolute atomic E-state index is 0.0914. The molecule has 0 atom stereocenters. The molecular formula is C18H20N4O. The number of nitrogens with one attached hydrogen (secondary N) is 2. The average molecular weight is 308 g/mol. The Bertz CT molecular complexity index is 874. The van der Waals surface area contributed by atoms with Crippen molar-refractivity contribution in [2.75, 3.05) is 5.32 Å². The molecule has 4 rings (SSSR count). The molecule has 1 aliphatic heterocycles. The summed E-state index contributed by atoms with van der Waals surface area (Å²) in [7, 11) is 0. The van der Waals surface area contributed by atoms with Gasteiger partial charge in [0.15, 0.2) is 0 Å². The normalized spacial score (nSPS) is 14.0. The number of fused-ring (bicyclic) bond motifs is 2. The molecule has 0 saturated carbocycles. The first-order chi connectivity index (χ1) is 11.3. The van der Waals surface area contributed by atoms with Gasteiger partial charge in [-0.05, 0) is 30.9 Å². The fourth-order valence-electron chi connectivity index (χ4n) is 3.46. The third-order valence-corrected chi connectivity index (χ3v) is 4.61. The minimum Gasteiger partial charge on any atom is -0.350 e. The SMILES string of the molecule is CCc1c(C(=O)Nc2cnc3n2CCCC3)[nH]c2ccccc12. The number of para-hydroxylation sites is 1. The summed E-state index contributed by atoms with van der Waals surface area (Å²) in [6.07, 6.45) is 5.89. The number of benzene rings is 1. The van der Waals surface area contributed by atoms with E-state index in [-0.39, 0.29) is 5.91 Å². The summed E-state index contributed by atoms with van der Waals surface area (Å²) in [5.41, 5.74) is 2.72. The highest BCUT2D eigenvalue weighted by Gasteiger charge is 2.20. The fraction of sp³-hybridized carbons (Fsp3) is 0.333. The number of rotatable bonds is 3. The summed E-state index contributed by atoms with van der Waals surface area (Å²) in [4.78, 5) is 20.5. The van der Waals surface area contributed by atoms with Crippen LogP contribution in [0.3, 0.4) is 0 Å². The molecule has 5 heteroatoms. The van der Waals surface area contributed by atoms with Crippen LogP contribution in [-0.2, 0) is 19.4 Å². The number of anilines is 1. The van der Waals surface area contributed by atoms with E-state index in [1.165, 1.54) is 6.42 Å². The molecule has 118 valence electrons. The third kappa shape index (κ3) is 2.32. The Morgan fingerprint density at radius 3 is 3.09 bits per heavy atom. The van der Waals surface area contributed by atoms with Gasteiger partial charge < -0.3 is 14.9 Å². The Hall–Kier alpha value is -2.56. The lowest BCUT2D eigenvalue weighted by atomic mass is 10.1. The first-order valence-electron chi connectivity index (χ1n) is 8.23. The van der Waals surface area contributed by atoms with Crippen LogP contribution in [0.15, 0.2) is 30.5 Å². The van der Waals surface area contributed by atoms with Crippen LogP contribution in [0, 0.1) is 0 Å². The summed E-state index contributed by atoms with van der Waals surface area (Å²) < 4.78 is 2.12. The van der Waals surface area contributed by atoms with E-state index >= 15 is 0 Å². The van der Waals surface area contributed by atoms with E-state index in [9.17, 15) is 4.79 Å². The molecule has 1 amide bonds. The van der Waals surface area contributed by atoms with Crippen molar-refractivity contribution in [2.24, 2.45) is 0 Å². The molecule has 5 nitrogen and oxygen atoms in total. The summed E-state index contributed by atoms with van der Waals surface area (Å²) >= 11 is 0. The van der Waals surface area contributed by atoms with Gasteiger partial charge in [-0.2, -0.15) is 0 Å². The van der Waals surface area contributed by atoms with Gasteiger partial charge in [-0.1, -0.05) is 25.1 Å². The number of amides is 1. The molecule has 1 aromatic carbocycles. The highest BCUT2D eigenvalue weighted by atomic mass is 16.2. The second-order valence-electron chi connectivity index (χ2n) is 6.00. The van der Waals surface area contributed by atoms with Crippen LogP contribution in [0.25, 0.3) is 10.9 Å². The van der Waals surface area contributed by atoms with Crippen molar-refractivity contribution in [3.8, 4) is 0 Å². The second-order valence-corrected chi connectivity index (χ2v) is 6.00. The van der Waals surface area contributed by atoms with Gasteiger partial charge in [-0.3, -0.25) is 4.79 Å². The number of hydrogen-bond donors (Lipinski definition) is 2. The number of nitrogens with zero attached hydrogens (tertiary/aromatic N) is 2. The number of imidazole rings is 1. The number of hydrogen-bond acceptors (Lipinski definition) is 2. The summed E-state index contributed by atoms with van der Waals surface area (Å²) in [5.74, 6) is 1.77. The lowest BCUT2D eigenvalue weighted by Crippen LogP contribution is -2.19. The van der Waals surface area contributed by atoms with Gasteiger partial charge in [0.1, 0.15) is 17.3 Å². The van der Waals surface area contributed by atoms with E-state index in [2.05, 4.69) is 32.8 Å². The van der Waals surface area contributed by atoms with Gasteiger partial charge in [-0.25, -0.2) is 4.98 Å². The molecule has 0 fully saturated rings. The molecule has 2 aromatic heterocycles. The number of aromatic amines is 1. The molecule has 0 spiro atoms. The number of aryl methyl sites for hydroxylation is 2. The molecule has 23 heavy (non-hydrogen) atoms.